The van der Waals surface area contributed by atoms with E-state index in [2.05, 4.69) is 174 Å². The summed E-state index contributed by atoms with van der Waals surface area (Å²) in [6.45, 7) is 0. The molecule has 11 rings (SSSR count). The fourth-order valence-corrected chi connectivity index (χ4v) is 8.22. The van der Waals surface area contributed by atoms with E-state index in [1.807, 2.05) is 36.4 Å². The molecule has 0 aliphatic rings. The van der Waals surface area contributed by atoms with E-state index < -0.39 is 0 Å². The number of pyridine rings is 1. The van der Waals surface area contributed by atoms with E-state index in [-0.39, 0.29) is 0 Å². The highest BCUT2D eigenvalue weighted by Gasteiger charge is 2.18. The Balaban J connectivity index is 1.07. The Hall–Kier alpha value is -7.69. The first-order valence-electron chi connectivity index (χ1n) is 19.3. The minimum atomic E-state index is 0.709. The molecule has 0 aliphatic heterocycles. The fourth-order valence-electron chi connectivity index (χ4n) is 8.22. The molecule has 0 N–H and O–H groups in total. The third-order valence-electron chi connectivity index (χ3n) is 11.0. The molecule has 0 spiro atoms. The van der Waals surface area contributed by atoms with Crippen LogP contribution in [0.25, 0.3) is 105 Å². The first-order valence-corrected chi connectivity index (χ1v) is 19.3. The number of benzene rings is 8. The molecule has 0 radical (unpaired) electrons. The van der Waals surface area contributed by atoms with E-state index in [4.69, 9.17) is 15.0 Å². The Morgan fingerprint density at radius 2 is 0.860 bits per heavy atom. The van der Waals surface area contributed by atoms with Crippen molar-refractivity contribution in [3.63, 3.8) is 0 Å². The number of hydrogen-bond donors (Lipinski definition) is 0. The third-order valence-corrected chi connectivity index (χ3v) is 11.0. The lowest BCUT2D eigenvalue weighted by Crippen LogP contribution is -1.96. The topological polar surface area (TPSA) is 43.6 Å². The van der Waals surface area contributed by atoms with Crippen LogP contribution in [0, 0.1) is 0 Å². The molecule has 0 aliphatic carbocycles. The molecule has 11 aromatic rings. The Kier molecular flexibility index (Phi) is 7.78. The molecule has 266 valence electrons. The number of fused-ring (bicyclic) bond motifs is 6. The molecular weight excluding hydrogens is 693 g/mol. The molecule has 57 heavy (non-hydrogen) atoms. The number of hydrogen-bond acceptors (Lipinski definition) is 3. The summed E-state index contributed by atoms with van der Waals surface area (Å²) in [7, 11) is 0. The summed E-state index contributed by atoms with van der Waals surface area (Å²) in [6, 6.07) is 72.6. The van der Waals surface area contributed by atoms with Crippen LogP contribution in [-0.2, 0) is 0 Å². The van der Waals surface area contributed by atoms with E-state index >= 15 is 0 Å². The zero-order valence-corrected chi connectivity index (χ0v) is 30.9. The second kappa shape index (κ2) is 13.6. The van der Waals surface area contributed by atoms with Crippen LogP contribution in [0.3, 0.4) is 0 Å². The molecule has 3 aromatic heterocycles. The normalized spacial score (nSPS) is 11.5. The number of para-hydroxylation sites is 2. The van der Waals surface area contributed by atoms with Crippen LogP contribution < -0.4 is 0 Å². The van der Waals surface area contributed by atoms with Gasteiger partial charge in [0.25, 0.3) is 0 Å². The summed E-state index contributed by atoms with van der Waals surface area (Å²) in [5.41, 5.74) is 13.7. The predicted octanol–water partition coefficient (Wildman–Crippen LogP) is 13.6. The molecule has 0 unspecified atom stereocenters. The van der Waals surface area contributed by atoms with Gasteiger partial charge in [0.1, 0.15) is 0 Å². The molecule has 0 saturated heterocycles. The van der Waals surface area contributed by atoms with Crippen LogP contribution in [0.5, 0.6) is 0 Å². The smallest absolute Gasteiger partial charge is 0.160 e. The van der Waals surface area contributed by atoms with Gasteiger partial charge in [-0.1, -0.05) is 158 Å². The van der Waals surface area contributed by atoms with Crippen LogP contribution in [0.2, 0.25) is 0 Å². The van der Waals surface area contributed by atoms with Gasteiger partial charge in [-0.2, -0.15) is 0 Å². The molecule has 0 amide bonds. The number of rotatable bonds is 6. The second-order valence-electron chi connectivity index (χ2n) is 14.4. The van der Waals surface area contributed by atoms with E-state index in [0.29, 0.717) is 5.82 Å². The highest BCUT2D eigenvalue weighted by atomic mass is 15.0. The molecule has 8 aromatic carbocycles. The minimum Gasteiger partial charge on any atom is -0.309 e. The van der Waals surface area contributed by atoms with Crippen molar-refractivity contribution in [2.24, 2.45) is 0 Å². The molecular formula is C53H34N4. The lowest BCUT2D eigenvalue weighted by molar-refractivity contribution is 1.18. The summed E-state index contributed by atoms with van der Waals surface area (Å²) in [5.74, 6) is 0.709. The SMILES string of the molecule is c1ccc(-c2cc(-c3ccc(-c4ccc5nc(-c6ccccc6)c6cc7c(cc6c5c4)c4ccccc4n7-c4ccccc4)cc3)nc(-c3ccccc3)n2)cc1. The maximum Gasteiger partial charge on any atom is 0.160 e. The highest BCUT2D eigenvalue weighted by molar-refractivity contribution is 6.20. The zero-order chi connectivity index (χ0) is 37.7. The largest absolute Gasteiger partial charge is 0.309 e. The lowest BCUT2D eigenvalue weighted by Gasteiger charge is -2.14. The van der Waals surface area contributed by atoms with Crippen LogP contribution in [0.1, 0.15) is 0 Å². The van der Waals surface area contributed by atoms with E-state index in [1.165, 1.54) is 21.7 Å². The van der Waals surface area contributed by atoms with Crippen molar-refractivity contribution in [2.75, 3.05) is 0 Å². The minimum absolute atomic E-state index is 0.709. The molecule has 0 fully saturated rings. The van der Waals surface area contributed by atoms with Crippen LogP contribution in [-0.4, -0.2) is 19.5 Å². The first kappa shape index (κ1) is 32.7. The molecule has 3 heterocycles. The van der Waals surface area contributed by atoms with Crippen molar-refractivity contribution in [1.82, 2.24) is 19.5 Å². The average molecular weight is 727 g/mol. The van der Waals surface area contributed by atoms with Gasteiger partial charge in [-0.15, -0.1) is 0 Å². The Labute approximate surface area is 330 Å². The van der Waals surface area contributed by atoms with Crippen molar-refractivity contribution in [3.05, 3.63) is 206 Å². The predicted molar refractivity (Wildman–Crippen MR) is 236 cm³/mol. The van der Waals surface area contributed by atoms with Crippen molar-refractivity contribution >= 4 is 43.5 Å². The Morgan fingerprint density at radius 3 is 1.56 bits per heavy atom. The van der Waals surface area contributed by atoms with Crippen molar-refractivity contribution < 1.29 is 0 Å². The Morgan fingerprint density at radius 1 is 0.298 bits per heavy atom. The van der Waals surface area contributed by atoms with Crippen LogP contribution in [0.4, 0.5) is 0 Å². The van der Waals surface area contributed by atoms with E-state index in [9.17, 15) is 0 Å². The maximum atomic E-state index is 5.37. The molecule has 0 atom stereocenters. The van der Waals surface area contributed by atoms with Crippen LogP contribution >= 0.6 is 0 Å². The summed E-state index contributed by atoms with van der Waals surface area (Å²) >= 11 is 0. The van der Waals surface area contributed by atoms with Gasteiger partial charge in [0.05, 0.1) is 33.6 Å². The van der Waals surface area contributed by atoms with Gasteiger partial charge in [0.15, 0.2) is 5.82 Å². The lowest BCUT2D eigenvalue weighted by atomic mass is 9.95. The summed E-state index contributed by atoms with van der Waals surface area (Å²) < 4.78 is 2.38. The third kappa shape index (κ3) is 5.74. The van der Waals surface area contributed by atoms with Gasteiger partial charge < -0.3 is 4.57 Å². The zero-order valence-electron chi connectivity index (χ0n) is 30.9. The van der Waals surface area contributed by atoms with Gasteiger partial charge in [-0.3, -0.25) is 0 Å². The summed E-state index contributed by atoms with van der Waals surface area (Å²) in [6.07, 6.45) is 0. The van der Waals surface area contributed by atoms with Gasteiger partial charge >= 0.3 is 0 Å². The molecule has 0 saturated carbocycles. The monoisotopic (exact) mass is 726 g/mol. The average Bonchev–Trinajstić information content (AvgIpc) is 3.62. The van der Waals surface area contributed by atoms with Gasteiger partial charge in [0.2, 0.25) is 0 Å². The first-order chi connectivity index (χ1) is 28.2. The highest BCUT2D eigenvalue weighted by Crippen LogP contribution is 2.41. The Bertz CT molecular complexity index is 3190. The standard InChI is InChI=1S/C53H34N4/c1-5-15-36(16-6-1)48-34-49(56-53(55-48)39-19-9-3-10-20-39)37-27-25-35(26-28-37)40-29-30-47-44(31-40)43-32-45-42-23-13-14-24-50(42)57(41-21-11-4-12-22-41)51(45)33-46(43)52(54-47)38-17-7-2-8-18-38/h1-34H. The quantitative estimate of drug-likeness (QED) is 0.160. The van der Waals surface area contributed by atoms with Crippen LogP contribution in [0.15, 0.2) is 206 Å². The van der Waals surface area contributed by atoms with E-state index in [0.717, 1.165) is 78.0 Å². The summed E-state index contributed by atoms with van der Waals surface area (Å²) in [5, 5.41) is 5.88. The second-order valence-corrected chi connectivity index (χ2v) is 14.4. The number of aromatic nitrogens is 4. The summed E-state index contributed by atoms with van der Waals surface area (Å²) in [4.78, 5) is 15.4. The van der Waals surface area contributed by atoms with Gasteiger partial charge in [-0.25, -0.2) is 15.0 Å². The van der Waals surface area contributed by atoms with E-state index in [1.54, 1.807) is 0 Å². The molecule has 4 heteroatoms. The van der Waals surface area contributed by atoms with Gasteiger partial charge in [0, 0.05) is 49.5 Å². The molecule has 4 nitrogen and oxygen atoms in total. The number of nitrogens with zero attached hydrogens (tertiary/aromatic N) is 4. The van der Waals surface area contributed by atoms with Gasteiger partial charge in [-0.05, 0) is 65.0 Å². The van der Waals surface area contributed by atoms with Crippen molar-refractivity contribution in [2.45, 2.75) is 0 Å². The van der Waals surface area contributed by atoms with Crippen molar-refractivity contribution in [1.29, 1.82) is 0 Å². The van der Waals surface area contributed by atoms with Crippen molar-refractivity contribution in [3.8, 4) is 62.0 Å². The fraction of sp³-hybridized carbons (Fsp3) is 0. The maximum absolute atomic E-state index is 5.37. The molecule has 0 bridgehead atoms.